The quantitative estimate of drug-likeness (QED) is 0.345. The van der Waals surface area contributed by atoms with Crippen LogP contribution in [0.3, 0.4) is 0 Å². The average molecular weight is 521 g/mol. The highest BCUT2D eigenvalue weighted by Gasteiger charge is 2.33. The van der Waals surface area contributed by atoms with Gasteiger partial charge in [0, 0.05) is 11.0 Å². The SMILES string of the molecule is CCOC(=O)C1=C(C)N=c2s/c(=C/c3ccc(Sc4ccccc4)o3)c(=O)n2[C@H]1c1ccc(F)cc1. The molecule has 0 N–H and O–H groups in total. The summed E-state index contributed by atoms with van der Waals surface area (Å²) in [5, 5.41) is 0.699. The number of furan rings is 1. The van der Waals surface area contributed by atoms with E-state index in [1.54, 1.807) is 38.1 Å². The van der Waals surface area contributed by atoms with Crippen molar-refractivity contribution in [1.29, 1.82) is 0 Å². The third-order valence-electron chi connectivity index (χ3n) is 5.54. The number of hydrogen-bond donors (Lipinski definition) is 0. The van der Waals surface area contributed by atoms with Gasteiger partial charge in [0.1, 0.15) is 11.6 Å². The van der Waals surface area contributed by atoms with Gasteiger partial charge in [-0.15, -0.1) is 0 Å². The Bertz CT molecular complexity index is 1630. The highest BCUT2D eigenvalue weighted by atomic mass is 32.2. The van der Waals surface area contributed by atoms with Crippen LogP contribution in [-0.2, 0) is 9.53 Å². The smallest absolute Gasteiger partial charge is 0.338 e. The van der Waals surface area contributed by atoms with E-state index in [9.17, 15) is 14.0 Å². The van der Waals surface area contributed by atoms with Crippen molar-refractivity contribution in [3.05, 3.63) is 115 Å². The Balaban J connectivity index is 1.59. The van der Waals surface area contributed by atoms with Crippen molar-refractivity contribution < 1.29 is 18.3 Å². The first-order valence-electron chi connectivity index (χ1n) is 11.2. The summed E-state index contributed by atoms with van der Waals surface area (Å²) in [5.41, 5.74) is 0.967. The van der Waals surface area contributed by atoms with Crippen molar-refractivity contribution in [3.63, 3.8) is 0 Å². The molecule has 0 unspecified atom stereocenters. The van der Waals surface area contributed by atoms with Gasteiger partial charge in [0.15, 0.2) is 9.89 Å². The molecule has 0 fully saturated rings. The Morgan fingerprint density at radius 2 is 1.92 bits per heavy atom. The van der Waals surface area contributed by atoms with Gasteiger partial charge in [-0.1, -0.05) is 53.4 Å². The summed E-state index contributed by atoms with van der Waals surface area (Å²) in [5.74, 6) is -0.444. The summed E-state index contributed by atoms with van der Waals surface area (Å²) >= 11 is 2.69. The maximum absolute atomic E-state index is 13.7. The fourth-order valence-corrected chi connectivity index (χ4v) is 5.78. The van der Waals surface area contributed by atoms with E-state index in [0.717, 1.165) is 4.90 Å². The van der Waals surface area contributed by atoms with Gasteiger partial charge in [0.25, 0.3) is 5.56 Å². The van der Waals surface area contributed by atoms with E-state index in [1.807, 2.05) is 36.4 Å². The Morgan fingerprint density at radius 1 is 1.17 bits per heavy atom. The highest BCUT2D eigenvalue weighted by Crippen LogP contribution is 2.31. The Hall–Kier alpha value is -3.69. The Labute approximate surface area is 214 Å². The zero-order valence-electron chi connectivity index (χ0n) is 19.4. The van der Waals surface area contributed by atoms with Crippen molar-refractivity contribution >= 4 is 35.1 Å². The van der Waals surface area contributed by atoms with Crippen molar-refractivity contribution in [2.24, 2.45) is 4.99 Å². The fraction of sp³-hybridized carbons (Fsp3) is 0.148. The predicted molar refractivity (Wildman–Crippen MR) is 136 cm³/mol. The summed E-state index contributed by atoms with van der Waals surface area (Å²) in [6.45, 7) is 3.60. The lowest BCUT2D eigenvalue weighted by Gasteiger charge is -2.24. The molecule has 0 radical (unpaired) electrons. The normalized spacial score (nSPS) is 15.5. The summed E-state index contributed by atoms with van der Waals surface area (Å²) < 4.78 is 26.7. The van der Waals surface area contributed by atoms with Gasteiger partial charge < -0.3 is 9.15 Å². The zero-order chi connectivity index (χ0) is 25.2. The molecule has 9 heteroatoms. The van der Waals surface area contributed by atoms with Crippen LogP contribution in [0.2, 0.25) is 0 Å². The fourth-order valence-electron chi connectivity index (χ4n) is 3.95. The van der Waals surface area contributed by atoms with Crippen molar-refractivity contribution in [2.75, 3.05) is 6.61 Å². The first-order valence-corrected chi connectivity index (χ1v) is 12.9. The number of carbonyl (C=O) groups excluding carboxylic acids is 1. The minimum atomic E-state index is -0.788. The van der Waals surface area contributed by atoms with Crippen LogP contribution in [-0.4, -0.2) is 17.1 Å². The van der Waals surface area contributed by atoms with Crippen LogP contribution < -0.4 is 14.9 Å². The van der Waals surface area contributed by atoms with Gasteiger partial charge in [-0.3, -0.25) is 9.36 Å². The number of ether oxygens (including phenoxy) is 1. The molecule has 1 atom stereocenters. The standard InChI is InChI=1S/C27H21FN2O4S2/c1-3-33-26(32)23-16(2)29-27-30(24(23)17-9-11-18(28)12-10-17)25(31)21(36-27)15-19-13-14-22(34-19)35-20-7-5-4-6-8-20/h4-15,24H,3H2,1-2H3/b21-15+/t24-/m0/s1. The lowest BCUT2D eigenvalue weighted by molar-refractivity contribution is -0.139. The molecule has 3 heterocycles. The molecule has 6 nitrogen and oxygen atoms in total. The van der Waals surface area contributed by atoms with Gasteiger partial charge in [0.2, 0.25) is 0 Å². The number of halogens is 1. The van der Waals surface area contributed by atoms with Crippen molar-refractivity contribution in [3.8, 4) is 0 Å². The molecule has 2 aromatic carbocycles. The molecule has 0 saturated carbocycles. The number of thiazole rings is 1. The second-order valence-electron chi connectivity index (χ2n) is 7.93. The number of nitrogens with zero attached hydrogens (tertiary/aromatic N) is 2. The molecular formula is C27H21FN2O4S2. The van der Waals surface area contributed by atoms with Crippen LogP contribution in [0.4, 0.5) is 4.39 Å². The van der Waals surface area contributed by atoms with Gasteiger partial charge in [0.05, 0.1) is 28.5 Å². The monoisotopic (exact) mass is 520 g/mol. The molecule has 0 bridgehead atoms. The van der Waals surface area contributed by atoms with Crippen LogP contribution in [0.1, 0.15) is 31.2 Å². The molecule has 1 aliphatic heterocycles. The number of carbonyl (C=O) groups is 1. The molecule has 0 aliphatic carbocycles. The zero-order valence-corrected chi connectivity index (χ0v) is 21.1. The number of rotatable bonds is 6. The molecule has 2 aromatic heterocycles. The molecule has 36 heavy (non-hydrogen) atoms. The van der Waals surface area contributed by atoms with Crippen molar-refractivity contribution in [1.82, 2.24) is 4.57 Å². The molecule has 4 aromatic rings. The molecular weight excluding hydrogens is 499 g/mol. The van der Waals surface area contributed by atoms with E-state index in [0.29, 0.717) is 31.4 Å². The lowest BCUT2D eigenvalue weighted by Crippen LogP contribution is -2.39. The molecule has 0 amide bonds. The second kappa shape index (κ2) is 10.1. The molecule has 1 aliphatic rings. The molecule has 5 rings (SSSR count). The molecule has 0 saturated heterocycles. The third kappa shape index (κ3) is 4.72. The van der Waals surface area contributed by atoms with Crippen LogP contribution in [0.25, 0.3) is 6.08 Å². The van der Waals surface area contributed by atoms with E-state index in [1.165, 1.54) is 39.8 Å². The van der Waals surface area contributed by atoms with Crippen LogP contribution >= 0.6 is 23.1 Å². The van der Waals surface area contributed by atoms with E-state index in [2.05, 4.69) is 4.99 Å². The number of esters is 1. The summed E-state index contributed by atoms with van der Waals surface area (Å²) in [6.07, 6.45) is 1.67. The summed E-state index contributed by atoms with van der Waals surface area (Å²) in [7, 11) is 0. The summed E-state index contributed by atoms with van der Waals surface area (Å²) in [6, 6.07) is 18.4. The van der Waals surface area contributed by atoms with Crippen LogP contribution in [0.15, 0.2) is 102 Å². The number of fused-ring (bicyclic) bond motifs is 1. The third-order valence-corrected chi connectivity index (χ3v) is 7.45. The molecule has 0 spiro atoms. The van der Waals surface area contributed by atoms with Crippen LogP contribution in [0, 0.1) is 5.82 Å². The maximum Gasteiger partial charge on any atom is 0.338 e. The topological polar surface area (TPSA) is 73.8 Å². The first-order chi connectivity index (χ1) is 17.4. The van der Waals surface area contributed by atoms with Gasteiger partial charge in [-0.2, -0.15) is 0 Å². The number of aromatic nitrogens is 1. The van der Waals surface area contributed by atoms with E-state index in [4.69, 9.17) is 9.15 Å². The Kier molecular flexibility index (Phi) is 6.75. The first kappa shape index (κ1) is 24.0. The highest BCUT2D eigenvalue weighted by molar-refractivity contribution is 7.99. The van der Waals surface area contributed by atoms with Crippen molar-refractivity contribution in [2.45, 2.75) is 29.9 Å². The minimum Gasteiger partial charge on any atom is -0.463 e. The minimum absolute atomic E-state index is 0.179. The molecule has 182 valence electrons. The van der Waals surface area contributed by atoms with Gasteiger partial charge in [-0.05, 0) is 55.8 Å². The average Bonchev–Trinajstić information content (AvgIpc) is 3.43. The van der Waals surface area contributed by atoms with E-state index < -0.39 is 17.8 Å². The number of benzene rings is 2. The predicted octanol–water partition coefficient (Wildman–Crippen LogP) is 4.68. The van der Waals surface area contributed by atoms with Crippen LogP contribution in [0.5, 0.6) is 0 Å². The van der Waals surface area contributed by atoms with Gasteiger partial charge >= 0.3 is 5.97 Å². The number of hydrogen-bond acceptors (Lipinski definition) is 7. The number of allylic oxidation sites excluding steroid dienone is 1. The maximum atomic E-state index is 13.7. The van der Waals surface area contributed by atoms with Gasteiger partial charge in [-0.25, -0.2) is 14.2 Å². The second-order valence-corrected chi connectivity index (χ2v) is 10.0. The van der Waals surface area contributed by atoms with E-state index >= 15 is 0 Å². The largest absolute Gasteiger partial charge is 0.463 e. The van der Waals surface area contributed by atoms with E-state index in [-0.39, 0.29) is 17.7 Å². The lowest BCUT2D eigenvalue weighted by atomic mass is 9.96. The summed E-state index contributed by atoms with van der Waals surface area (Å²) in [4.78, 5) is 32.5. The Morgan fingerprint density at radius 3 is 2.64 bits per heavy atom.